The van der Waals surface area contributed by atoms with Gasteiger partial charge in [0, 0.05) is 13.7 Å². The fourth-order valence-corrected chi connectivity index (χ4v) is 1.10. The number of aromatic nitrogens is 1. The Morgan fingerprint density at radius 3 is 3.00 bits per heavy atom. The van der Waals surface area contributed by atoms with Crippen molar-refractivity contribution in [3.05, 3.63) is 22.8 Å². The van der Waals surface area contributed by atoms with Gasteiger partial charge in [-0.2, -0.15) is 5.26 Å². The van der Waals surface area contributed by atoms with Gasteiger partial charge in [-0.15, -0.1) is 0 Å². The summed E-state index contributed by atoms with van der Waals surface area (Å²) >= 11 is 5.75. The minimum atomic E-state index is 0.0908. The quantitative estimate of drug-likeness (QED) is 0.852. The summed E-state index contributed by atoms with van der Waals surface area (Å²) in [4.78, 5) is 4.04. The second-order valence-corrected chi connectivity index (χ2v) is 3.47. The van der Waals surface area contributed by atoms with Crippen LogP contribution in [0, 0.1) is 11.3 Å². The molecule has 1 atom stereocenters. The summed E-state index contributed by atoms with van der Waals surface area (Å²) < 4.78 is 5.07. The predicted molar refractivity (Wildman–Crippen MR) is 58.9 cm³/mol. The molecule has 4 nitrogen and oxygen atoms in total. The van der Waals surface area contributed by atoms with Crippen molar-refractivity contribution in [3.8, 4) is 6.07 Å². The number of nitrogens with one attached hydrogen (secondary N) is 1. The summed E-state index contributed by atoms with van der Waals surface area (Å²) in [6.07, 6.45) is 0.0908. The van der Waals surface area contributed by atoms with Crippen LogP contribution in [0.4, 0.5) is 5.82 Å². The van der Waals surface area contributed by atoms with Gasteiger partial charge in [-0.1, -0.05) is 11.6 Å². The van der Waals surface area contributed by atoms with Crippen LogP contribution >= 0.6 is 11.6 Å². The minimum absolute atomic E-state index is 0.0908. The van der Waals surface area contributed by atoms with Gasteiger partial charge in [-0.3, -0.25) is 0 Å². The van der Waals surface area contributed by atoms with Crippen molar-refractivity contribution >= 4 is 17.4 Å². The lowest BCUT2D eigenvalue weighted by atomic mass is 10.3. The molecule has 0 saturated heterocycles. The molecule has 0 amide bonds. The van der Waals surface area contributed by atoms with Crippen molar-refractivity contribution in [2.75, 3.05) is 19.0 Å². The Hall–Kier alpha value is -1.31. The lowest BCUT2D eigenvalue weighted by Gasteiger charge is -2.11. The number of hydrogen-bond acceptors (Lipinski definition) is 4. The molecule has 1 unspecified atom stereocenters. The molecule has 1 aromatic rings. The monoisotopic (exact) mass is 225 g/mol. The zero-order valence-corrected chi connectivity index (χ0v) is 9.38. The molecule has 80 valence electrons. The Morgan fingerprint density at radius 1 is 1.67 bits per heavy atom. The second-order valence-electron chi connectivity index (χ2n) is 3.07. The van der Waals surface area contributed by atoms with Crippen LogP contribution in [-0.2, 0) is 4.74 Å². The van der Waals surface area contributed by atoms with Crippen LogP contribution in [0.2, 0.25) is 5.02 Å². The molecule has 1 heterocycles. The smallest absolute Gasteiger partial charge is 0.161 e. The van der Waals surface area contributed by atoms with Gasteiger partial charge in [-0.05, 0) is 19.1 Å². The molecular formula is C10H12ClN3O. The molecule has 0 spiro atoms. The third kappa shape index (κ3) is 3.39. The van der Waals surface area contributed by atoms with E-state index in [-0.39, 0.29) is 11.8 Å². The number of halogens is 1. The first-order chi connectivity index (χ1) is 7.17. The first kappa shape index (κ1) is 11.8. The average molecular weight is 226 g/mol. The van der Waals surface area contributed by atoms with Gasteiger partial charge in [0.25, 0.3) is 0 Å². The van der Waals surface area contributed by atoms with Crippen LogP contribution < -0.4 is 5.32 Å². The third-order valence-electron chi connectivity index (χ3n) is 1.92. The number of methoxy groups -OCH3 is 1. The van der Waals surface area contributed by atoms with Crippen molar-refractivity contribution in [3.63, 3.8) is 0 Å². The van der Waals surface area contributed by atoms with E-state index in [9.17, 15) is 0 Å². The van der Waals surface area contributed by atoms with Crippen molar-refractivity contribution in [1.82, 2.24) is 4.98 Å². The molecule has 0 aliphatic heterocycles. The predicted octanol–water partition coefficient (Wildman–Crippen LogP) is 2.05. The molecule has 5 heteroatoms. The zero-order valence-electron chi connectivity index (χ0n) is 8.62. The summed E-state index contributed by atoms with van der Waals surface area (Å²) in [6.45, 7) is 2.57. The summed E-state index contributed by atoms with van der Waals surface area (Å²) in [7, 11) is 1.64. The number of nitriles is 1. The van der Waals surface area contributed by atoms with Gasteiger partial charge >= 0.3 is 0 Å². The van der Waals surface area contributed by atoms with Crippen LogP contribution in [0.3, 0.4) is 0 Å². The number of hydrogen-bond donors (Lipinski definition) is 1. The highest BCUT2D eigenvalue weighted by atomic mass is 35.5. The topological polar surface area (TPSA) is 57.9 Å². The maximum absolute atomic E-state index is 8.72. The summed E-state index contributed by atoms with van der Waals surface area (Å²) in [5.41, 5.74) is 0.228. The van der Waals surface area contributed by atoms with E-state index in [0.29, 0.717) is 17.4 Å². The number of pyridine rings is 1. The number of anilines is 1. The van der Waals surface area contributed by atoms with Gasteiger partial charge in [0.05, 0.1) is 11.1 Å². The highest BCUT2D eigenvalue weighted by Crippen LogP contribution is 2.15. The Labute approximate surface area is 93.8 Å². The average Bonchev–Trinajstić information content (AvgIpc) is 2.27. The molecule has 1 rings (SSSR count). The van der Waals surface area contributed by atoms with Crippen LogP contribution in [0.25, 0.3) is 0 Å². The van der Waals surface area contributed by atoms with Gasteiger partial charge < -0.3 is 10.1 Å². The van der Waals surface area contributed by atoms with Crippen molar-refractivity contribution < 1.29 is 4.74 Å². The van der Waals surface area contributed by atoms with Crippen molar-refractivity contribution in [2.24, 2.45) is 0 Å². The van der Waals surface area contributed by atoms with E-state index in [1.54, 1.807) is 19.2 Å². The highest BCUT2D eigenvalue weighted by Gasteiger charge is 2.04. The van der Waals surface area contributed by atoms with Gasteiger partial charge in [0.15, 0.2) is 5.69 Å². The van der Waals surface area contributed by atoms with E-state index in [4.69, 9.17) is 21.6 Å². The molecule has 15 heavy (non-hydrogen) atoms. The van der Waals surface area contributed by atoms with E-state index in [1.165, 1.54) is 0 Å². The maximum atomic E-state index is 8.72. The van der Waals surface area contributed by atoms with E-state index < -0.39 is 0 Å². The second kappa shape index (κ2) is 5.54. The number of ether oxygens (including phenoxy) is 1. The number of rotatable bonds is 4. The van der Waals surface area contributed by atoms with Gasteiger partial charge in [-0.25, -0.2) is 4.98 Å². The standard InChI is InChI=1S/C10H12ClN3O/c1-7(15-2)6-13-10-4-3-8(11)9(5-12)14-10/h3-4,7H,6H2,1-2H3,(H,13,14). The minimum Gasteiger partial charge on any atom is -0.380 e. The Balaban J connectivity index is 2.67. The molecule has 0 saturated carbocycles. The Kier molecular flexibility index (Phi) is 4.35. The summed E-state index contributed by atoms with van der Waals surface area (Å²) in [5, 5.41) is 12.1. The lowest BCUT2D eigenvalue weighted by Crippen LogP contribution is -2.18. The molecular weight excluding hydrogens is 214 g/mol. The van der Waals surface area contributed by atoms with E-state index in [1.807, 2.05) is 13.0 Å². The SMILES string of the molecule is COC(C)CNc1ccc(Cl)c(C#N)n1. The number of nitrogens with zero attached hydrogens (tertiary/aromatic N) is 2. The highest BCUT2D eigenvalue weighted by molar-refractivity contribution is 6.31. The molecule has 0 aromatic carbocycles. The van der Waals surface area contributed by atoms with Crippen LogP contribution in [-0.4, -0.2) is 24.7 Å². The van der Waals surface area contributed by atoms with E-state index in [0.717, 1.165) is 0 Å². The molecule has 0 bridgehead atoms. The Bertz CT molecular complexity index is 375. The molecule has 0 fully saturated rings. The molecule has 1 aromatic heterocycles. The summed E-state index contributed by atoms with van der Waals surface area (Å²) in [6, 6.07) is 5.30. The first-order valence-corrected chi connectivity index (χ1v) is 4.88. The Morgan fingerprint density at radius 2 is 2.40 bits per heavy atom. The van der Waals surface area contributed by atoms with Gasteiger partial charge in [0.1, 0.15) is 11.9 Å². The third-order valence-corrected chi connectivity index (χ3v) is 2.23. The molecule has 0 aliphatic carbocycles. The largest absolute Gasteiger partial charge is 0.380 e. The van der Waals surface area contributed by atoms with Gasteiger partial charge in [0.2, 0.25) is 0 Å². The fourth-order valence-electron chi connectivity index (χ4n) is 0.951. The van der Waals surface area contributed by atoms with E-state index in [2.05, 4.69) is 10.3 Å². The van der Waals surface area contributed by atoms with Crippen molar-refractivity contribution in [1.29, 1.82) is 5.26 Å². The fraction of sp³-hybridized carbons (Fsp3) is 0.400. The summed E-state index contributed by atoms with van der Waals surface area (Å²) in [5.74, 6) is 0.625. The first-order valence-electron chi connectivity index (χ1n) is 4.50. The lowest BCUT2D eigenvalue weighted by molar-refractivity contribution is 0.128. The zero-order chi connectivity index (χ0) is 11.3. The molecule has 0 radical (unpaired) electrons. The van der Waals surface area contributed by atoms with E-state index >= 15 is 0 Å². The van der Waals surface area contributed by atoms with Crippen molar-refractivity contribution in [2.45, 2.75) is 13.0 Å². The van der Waals surface area contributed by atoms with Crippen LogP contribution in [0.15, 0.2) is 12.1 Å². The molecule has 0 aliphatic rings. The van der Waals surface area contributed by atoms with Crippen LogP contribution in [0.1, 0.15) is 12.6 Å². The molecule has 1 N–H and O–H groups in total. The normalized spacial score (nSPS) is 11.9. The maximum Gasteiger partial charge on any atom is 0.161 e. The van der Waals surface area contributed by atoms with Crippen LogP contribution in [0.5, 0.6) is 0 Å².